The number of pyridine rings is 1. The van der Waals surface area contributed by atoms with Crippen LogP contribution in [0.15, 0.2) is 59.6 Å². The van der Waals surface area contributed by atoms with Crippen molar-refractivity contribution < 1.29 is 4.74 Å². The van der Waals surface area contributed by atoms with Gasteiger partial charge in [-0.3, -0.25) is 9.89 Å². The van der Waals surface area contributed by atoms with Crippen molar-refractivity contribution in [1.29, 1.82) is 0 Å². The van der Waals surface area contributed by atoms with Crippen molar-refractivity contribution in [3.63, 3.8) is 0 Å². The highest BCUT2D eigenvalue weighted by atomic mass is 16.5. The van der Waals surface area contributed by atoms with Crippen molar-refractivity contribution in [1.82, 2.24) is 9.88 Å². The van der Waals surface area contributed by atoms with Crippen LogP contribution in [0.1, 0.15) is 29.7 Å². The molecule has 2 aliphatic heterocycles. The Morgan fingerprint density at radius 2 is 1.92 bits per heavy atom. The number of nitrogens with zero attached hydrogens (tertiary/aromatic N) is 3. The number of fused-ring (bicyclic) bond motifs is 1. The number of unbranched alkanes of at least 4 members (excludes halogenated alkanes) is 1. The van der Waals surface area contributed by atoms with E-state index in [1.807, 2.05) is 30.4 Å². The lowest BCUT2D eigenvalue weighted by Crippen LogP contribution is -2.31. The highest BCUT2D eigenvalue weighted by Gasteiger charge is 2.14. The number of hydrogen-bond donors (Lipinski definition) is 0. The molecule has 0 bridgehead atoms. The Morgan fingerprint density at radius 1 is 1.00 bits per heavy atom. The zero-order valence-corrected chi connectivity index (χ0v) is 15.1. The molecule has 0 N–H and O–H groups in total. The van der Waals surface area contributed by atoms with Gasteiger partial charge in [0.15, 0.2) is 0 Å². The molecule has 2 aliphatic rings. The number of allylic oxidation sites excluding steroid dienone is 1. The molecule has 0 atom stereocenters. The third kappa shape index (κ3) is 4.20. The largest absolute Gasteiger partial charge is 0.478 e. The van der Waals surface area contributed by atoms with E-state index in [9.17, 15) is 0 Å². The smallest absolute Gasteiger partial charge is 0.213 e. The first-order chi connectivity index (χ1) is 12.9. The minimum atomic E-state index is 0.692. The van der Waals surface area contributed by atoms with Crippen molar-refractivity contribution in [2.24, 2.45) is 4.99 Å². The van der Waals surface area contributed by atoms with Crippen LogP contribution in [0.3, 0.4) is 0 Å². The second-order valence-electron chi connectivity index (χ2n) is 6.84. The third-order valence-electron chi connectivity index (χ3n) is 4.96. The Labute approximate surface area is 155 Å². The molecule has 0 fully saturated rings. The number of aliphatic imine (C=N–C) groups is 1. The normalized spacial score (nSPS) is 16.4. The van der Waals surface area contributed by atoms with Gasteiger partial charge in [-0.15, -0.1) is 0 Å². The average Bonchev–Trinajstić information content (AvgIpc) is 3.23. The Bertz CT molecular complexity index is 813. The molecule has 0 amide bonds. The molecule has 134 valence electrons. The van der Waals surface area contributed by atoms with Gasteiger partial charge in [0, 0.05) is 19.2 Å². The lowest BCUT2D eigenvalue weighted by molar-refractivity contribution is 0.233. The summed E-state index contributed by atoms with van der Waals surface area (Å²) in [5.41, 5.74) is 4.84. The molecule has 4 heteroatoms. The summed E-state index contributed by atoms with van der Waals surface area (Å²) in [7, 11) is 0. The molecule has 0 saturated heterocycles. The molecular weight excluding hydrogens is 322 g/mol. The maximum absolute atomic E-state index is 5.84. The van der Waals surface area contributed by atoms with E-state index in [0.717, 1.165) is 50.4 Å². The summed E-state index contributed by atoms with van der Waals surface area (Å²) in [6.07, 6.45) is 7.43. The van der Waals surface area contributed by atoms with Crippen LogP contribution in [0.2, 0.25) is 0 Å². The summed E-state index contributed by atoms with van der Waals surface area (Å²) in [5, 5.41) is 0. The third-order valence-corrected chi connectivity index (χ3v) is 4.96. The molecule has 0 radical (unpaired) electrons. The van der Waals surface area contributed by atoms with Gasteiger partial charge in [0.05, 0.1) is 24.6 Å². The SMILES string of the molecule is C1=CC(c2cccc(OCCCCN3CCc4ccccc4C3)n2)=NC1. The van der Waals surface area contributed by atoms with Gasteiger partial charge in [-0.05, 0) is 49.1 Å². The fourth-order valence-electron chi connectivity index (χ4n) is 3.53. The number of benzene rings is 1. The Kier molecular flexibility index (Phi) is 5.41. The molecule has 0 aliphatic carbocycles. The molecule has 0 unspecified atom stereocenters. The van der Waals surface area contributed by atoms with Crippen molar-refractivity contribution >= 4 is 5.71 Å². The lowest BCUT2D eigenvalue weighted by atomic mass is 10.00. The topological polar surface area (TPSA) is 37.7 Å². The molecule has 26 heavy (non-hydrogen) atoms. The molecule has 1 aromatic heterocycles. The van der Waals surface area contributed by atoms with Crippen LogP contribution in [0, 0.1) is 0 Å². The summed E-state index contributed by atoms with van der Waals surface area (Å²) in [6.45, 7) is 4.84. The maximum atomic E-state index is 5.84. The first-order valence-corrected chi connectivity index (χ1v) is 9.49. The number of aromatic nitrogens is 1. The molecule has 3 heterocycles. The Hall–Kier alpha value is -2.46. The van der Waals surface area contributed by atoms with Crippen LogP contribution in [-0.4, -0.2) is 41.8 Å². The fraction of sp³-hybridized carbons (Fsp3) is 0.364. The zero-order valence-electron chi connectivity index (χ0n) is 15.1. The maximum Gasteiger partial charge on any atom is 0.213 e. The monoisotopic (exact) mass is 347 g/mol. The van der Waals surface area contributed by atoms with E-state index in [-0.39, 0.29) is 0 Å². The van der Waals surface area contributed by atoms with Gasteiger partial charge < -0.3 is 4.74 Å². The summed E-state index contributed by atoms with van der Waals surface area (Å²) in [4.78, 5) is 11.5. The quantitative estimate of drug-likeness (QED) is 0.718. The molecule has 0 spiro atoms. The second-order valence-corrected chi connectivity index (χ2v) is 6.84. The van der Waals surface area contributed by atoms with Crippen molar-refractivity contribution in [3.05, 3.63) is 71.4 Å². The molecule has 1 aromatic carbocycles. The Balaban J connectivity index is 1.19. The van der Waals surface area contributed by atoms with Crippen LogP contribution >= 0.6 is 0 Å². The number of hydrogen-bond acceptors (Lipinski definition) is 4. The van der Waals surface area contributed by atoms with E-state index < -0.39 is 0 Å². The minimum absolute atomic E-state index is 0.692. The van der Waals surface area contributed by atoms with Crippen LogP contribution in [0.5, 0.6) is 5.88 Å². The average molecular weight is 347 g/mol. The van der Waals surface area contributed by atoms with Crippen molar-refractivity contribution in [2.45, 2.75) is 25.8 Å². The molecule has 4 nitrogen and oxygen atoms in total. The molecule has 4 rings (SSSR count). The standard InChI is InChI=1S/C22H25N3O/c1-2-8-19-17-25(15-12-18(19)7-1)14-3-4-16-26-22-11-5-9-21(24-22)20-10-6-13-23-20/h1-2,5-11H,3-4,12-17H2. The van der Waals surface area contributed by atoms with Gasteiger partial charge in [0.2, 0.25) is 5.88 Å². The summed E-state index contributed by atoms with van der Waals surface area (Å²) in [6, 6.07) is 14.7. The van der Waals surface area contributed by atoms with Gasteiger partial charge in [0.25, 0.3) is 0 Å². The van der Waals surface area contributed by atoms with Gasteiger partial charge in [-0.1, -0.05) is 36.4 Å². The van der Waals surface area contributed by atoms with Gasteiger partial charge in [-0.2, -0.15) is 0 Å². The first kappa shape index (κ1) is 17.0. The minimum Gasteiger partial charge on any atom is -0.478 e. The summed E-state index contributed by atoms with van der Waals surface area (Å²) >= 11 is 0. The molecule has 2 aromatic rings. The van der Waals surface area contributed by atoms with Crippen LogP contribution in [0.25, 0.3) is 0 Å². The van der Waals surface area contributed by atoms with E-state index in [0.29, 0.717) is 12.5 Å². The van der Waals surface area contributed by atoms with Crippen molar-refractivity contribution in [2.75, 3.05) is 26.2 Å². The van der Waals surface area contributed by atoms with Gasteiger partial charge >= 0.3 is 0 Å². The Morgan fingerprint density at radius 3 is 2.81 bits per heavy atom. The highest BCUT2D eigenvalue weighted by Crippen LogP contribution is 2.18. The van der Waals surface area contributed by atoms with E-state index in [2.05, 4.69) is 39.1 Å². The number of ether oxygens (including phenoxy) is 1. The summed E-state index contributed by atoms with van der Waals surface area (Å²) in [5.74, 6) is 0.692. The molecule has 0 saturated carbocycles. The van der Waals surface area contributed by atoms with Crippen LogP contribution in [-0.2, 0) is 13.0 Å². The van der Waals surface area contributed by atoms with E-state index in [1.165, 1.54) is 17.5 Å². The fourth-order valence-corrected chi connectivity index (χ4v) is 3.53. The van der Waals surface area contributed by atoms with E-state index in [1.54, 1.807) is 0 Å². The van der Waals surface area contributed by atoms with Crippen LogP contribution < -0.4 is 4.74 Å². The second kappa shape index (κ2) is 8.28. The van der Waals surface area contributed by atoms with E-state index in [4.69, 9.17) is 4.74 Å². The molecular formula is C22H25N3O. The van der Waals surface area contributed by atoms with Gasteiger partial charge in [0.1, 0.15) is 0 Å². The lowest BCUT2D eigenvalue weighted by Gasteiger charge is -2.28. The van der Waals surface area contributed by atoms with Gasteiger partial charge in [-0.25, -0.2) is 4.98 Å². The van der Waals surface area contributed by atoms with Crippen molar-refractivity contribution in [3.8, 4) is 5.88 Å². The highest BCUT2D eigenvalue weighted by molar-refractivity contribution is 6.08. The number of rotatable bonds is 7. The first-order valence-electron chi connectivity index (χ1n) is 9.49. The summed E-state index contributed by atoms with van der Waals surface area (Å²) < 4.78 is 5.84. The van der Waals surface area contributed by atoms with Crippen LogP contribution in [0.4, 0.5) is 0 Å². The zero-order chi connectivity index (χ0) is 17.6. The van der Waals surface area contributed by atoms with E-state index >= 15 is 0 Å². The predicted molar refractivity (Wildman–Crippen MR) is 105 cm³/mol. The predicted octanol–water partition coefficient (Wildman–Crippen LogP) is 3.66.